The van der Waals surface area contributed by atoms with Gasteiger partial charge < -0.3 is 19.5 Å². The van der Waals surface area contributed by atoms with E-state index in [-0.39, 0.29) is 35.1 Å². The van der Waals surface area contributed by atoms with Gasteiger partial charge in [0.1, 0.15) is 4.88 Å². The molecule has 43 heavy (non-hydrogen) atoms. The maximum Gasteiger partial charge on any atom is 0.348 e. The molecule has 2 aliphatic heterocycles. The van der Waals surface area contributed by atoms with Crippen molar-refractivity contribution in [3.05, 3.63) is 65.0 Å². The van der Waals surface area contributed by atoms with Crippen molar-refractivity contribution in [1.29, 1.82) is 0 Å². The molecule has 0 spiro atoms. The van der Waals surface area contributed by atoms with Gasteiger partial charge in [-0.15, -0.1) is 11.3 Å². The summed E-state index contributed by atoms with van der Waals surface area (Å²) >= 11 is 1.20. The molecule has 7 rings (SSSR count). The van der Waals surface area contributed by atoms with Crippen LogP contribution in [0.2, 0.25) is 0 Å². The number of amides is 1. The molecule has 0 atom stereocenters. The van der Waals surface area contributed by atoms with Gasteiger partial charge in [-0.05, 0) is 94.4 Å². The Hall–Kier alpha value is -3.75. The highest BCUT2D eigenvalue weighted by Gasteiger charge is 2.37. The fourth-order valence-electron chi connectivity index (χ4n) is 7.29. The zero-order valence-electron chi connectivity index (χ0n) is 24.7. The number of ketones is 1. The van der Waals surface area contributed by atoms with Crippen LogP contribution in [0.3, 0.4) is 0 Å². The highest BCUT2D eigenvalue weighted by Crippen LogP contribution is 2.43. The first-order chi connectivity index (χ1) is 20.8. The largest absolute Gasteiger partial charge is 0.477 e. The number of Topliss-reactive ketones (excluding diaryl/α,β-unsaturated/α-hetero) is 1. The van der Waals surface area contributed by atoms with E-state index in [9.17, 15) is 19.5 Å². The molecule has 222 valence electrons. The second kappa shape index (κ2) is 11.1. The zero-order valence-corrected chi connectivity index (χ0v) is 25.5. The first kappa shape index (κ1) is 28.0. The van der Waals surface area contributed by atoms with E-state index in [1.165, 1.54) is 11.3 Å². The van der Waals surface area contributed by atoms with Gasteiger partial charge in [0.2, 0.25) is 5.91 Å². The SMILES string of the molecule is CC1CCC(C(=O)N(c2cc(-c3ccc4c(c3)C(=O)Cn3c-4cc4ccccc43)sc2C(=O)O)C2CCN(C)CC2)CC1. The van der Waals surface area contributed by atoms with Crippen molar-refractivity contribution in [3.63, 3.8) is 0 Å². The molecule has 4 aromatic rings. The van der Waals surface area contributed by atoms with Crippen LogP contribution in [0.5, 0.6) is 0 Å². The fourth-order valence-corrected chi connectivity index (χ4v) is 8.28. The predicted octanol–water partition coefficient (Wildman–Crippen LogP) is 7.18. The predicted molar refractivity (Wildman–Crippen MR) is 171 cm³/mol. The maximum atomic E-state index is 14.2. The third-order valence-electron chi connectivity index (χ3n) is 9.81. The third kappa shape index (κ3) is 5.00. The second-order valence-corrected chi connectivity index (χ2v) is 13.7. The van der Waals surface area contributed by atoms with Crippen LogP contribution < -0.4 is 4.90 Å². The van der Waals surface area contributed by atoms with Crippen LogP contribution in [0.4, 0.5) is 5.69 Å². The number of aromatic carboxylic acids is 1. The molecule has 1 saturated carbocycles. The molecule has 0 radical (unpaired) electrons. The Labute approximate surface area is 255 Å². The van der Waals surface area contributed by atoms with Gasteiger partial charge in [0.15, 0.2) is 5.78 Å². The van der Waals surface area contributed by atoms with Gasteiger partial charge in [0, 0.05) is 38.9 Å². The van der Waals surface area contributed by atoms with Crippen molar-refractivity contribution in [3.8, 4) is 21.7 Å². The zero-order chi connectivity index (χ0) is 29.8. The van der Waals surface area contributed by atoms with Crippen molar-refractivity contribution in [2.75, 3.05) is 25.0 Å². The van der Waals surface area contributed by atoms with Crippen LogP contribution in [0.1, 0.15) is 65.5 Å². The molecule has 1 aliphatic carbocycles. The van der Waals surface area contributed by atoms with Crippen molar-refractivity contribution >= 4 is 45.6 Å². The Morgan fingerprint density at radius 1 is 0.930 bits per heavy atom. The molecule has 7 nitrogen and oxygen atoms in total. The Morgan fingerprint density at radius 3 is 2.42 bits per heavy atom. The minimum atomic E-state index is -1.02. The van der Waals surface area contributed by atoms with Gasteiger partial charge in [0.05, 0.1) is 17.9 Å². The number of piperidine rings is 1. The Bertz CT molecular complexity index is 1740. The van der Waals surface area contributed by atoms with E-state index in [1.54, 1.807) is 0 Å². The van der Waals surface area contributed by atoms with Crippen LogP contribution in [-0.4, -0.2) is 58.4 Å². The number of fused-ring (bicyclic) bond motifs is 5. The quantitative estimate of drug-likeness (QED) is 0.264. The Balaban J connectivity index is 1.29. The molecule has 3 aliphatic rings. The van der Waals surface area contributed by atoms with Gasteiger partial charge in [-0.2, -0.15) is 0 Å². The van der Waals surface area contributed by atoms with E-state index in [4.69, 9.17) is 0 Å². The van der Waals surface area contributed by atoms with E-state index < -0.39 is 5.97 Å². The van der Waals surface area contributed by atoms with Gasteiger partial charge in [-0.3, -0.25) is 9.59 Å². The highest BCUT2D eigenvalue weighted by atomic mass is 32.1. The lowest BCUT2D eigenvalue weighted by Gasteiger charge is -2.39. The average molecular weight is 596 g/mol. The number of carbonyl (C=O) groups excluding carboxylic acids is 2. The number of carboxylic acids is 1. The summed E-state index contributed by atoms with van der Waals surface area (Å²) in [5, 5.41) is 11.5. The van der Waals surface area contributed by atoms with Crippen LogP contribution in [0.15, 0.2) is 54.6 Å². The lowest BCUT2D eigenvalue weighted by atomic mass is 9.82. The van der Waals surface area contributed by atoms with E-state index in [0.29, 0.717) is 17.2 Å². The number of benzene rings is 2. The van der Waals surface area contributed by atoms with Gasteiger partial charge >= 0.3 is 5.97 Å². The summed E-state index contributed by atoms with van der Waals surface area (Å²) in [6.07, 6.45) is 5.40. The molecular formula is C35H37N3O4S. The normalized spacial score (nSPS) is 21.0. The standard InChI is InChI=1S/C35H37N3O4S/c1-21-7-9-22(10-8-21)34(40)38(25-13-15-36(2)16-14-25)30-19-32(43-33(30)35(41)42)24-11-12-26-27(17-24)31(39)20-37-28-6-4-3-5-23(28)18-29(26)37/h3-6,11-12,17-19,21-22,25H,7-10,13-16,20H2,1-2H3,(H,41,42). The lowest BCUT2D eigenvalue weighted by Crippen LogP contribution is -2.49. The van der Waals surface area contributed by atoms with Crippen LogP contribution in [0.25, 0.3) is 32.6 Å². The number of hydrogen-bond donors (Lipinski definition) is 1. The molecule has 8 heteroatoms. The summed E-state index contributed by atoms with van der Waals surface area (Å²) in [5.41, 5.74) is 4.91. The minimum Gasteiger partial charge on any atom is -0.477 e. The smallest absolute Gasteiger partial charge is 0.348 e. The molecule has 1 N–H and O–H groups in total. The number of aromatic nitrogens is 1. The molecule has 0 bridgehead atoms. The minimum absolute atomic E-state index is 0.0318. The monoisotopic (exact) mass is 595 g/mol. The molecule has 1 amide bonds. The number of para-hydroxylation sites is 1. The number of thiophene rings is 1. The van der Waals surface area contributed by atoms with Crippen LogP contribution in [-0.2, 0) is 11.3 Å². The number of rotatable bonds is 5. The van der Waals surface area contributed by atoms with Gasteiger partial charge in [0.25, 0.3) is 0 Å². The molecule has 2 aromatic heterocycles. The molecule has 0 unspecified atom stereocenters. The van der Waals surface area contributed by atoms with E-state index in [2.05, 4.69) is 35.6 Å². The number of hydrogen-bond acceptors (Lipinski definition) is 5. The summed E-state index contributed by atoms with van der Waals surface area (Å²) in [6.45, 7) is 4.26. The summed E-state index contributed by atoms with van der Waals surface area (Å²) in [4.78, 5) is 45.4. The number of anilines is 1. The highest BCUT2D eigenvalue weighted by molar-refractivity contribution is 7.18. The molecular weight excluding hydrogens is 558 g/mol. The van der Waals surface area contributed by atoms with E-state index >= 15 is 0 Å². The number of carboxylic acid groups (broad SMARTS) is 1. The van der Waals surface area contributed by atoms with Crippen molar-refractivity contribution in [1.82, 2.24) is 9.47 Å². The van der Waals surface area contributed by atoms with Crippen molar-refractivity contribution < 1.29 is 19.5 Å². The van der Waals surface area contributed by atoms with Crippen molar-refractivity contribution in [2.24, 2.45) is 11.8 Å². The maximum absolute atomic E-state index is 14.2. The summed E-state index contributed by atoms with van der Waals surface area (Å²) in [7, 11) is 2.09. The lowest BCUT2D eigenvalue weighted by molar-refractivity contribution is -0.124. The molecule has 4 heterocycles. The molecule has 2 fully saturated rings. The van der Waals surface area contributed by atoms with E-state index in [0.717, 1.165) is 84.2 Å². The molecule has 2 aromatic carbocycles. The van der Waals surface area contributed by atoms with Crippen LogP contribution in [0, 0.1) is 11.8 Å². The van der Waals surface area contributed by atoms with Gasteiger partial charge in [-0.1, -0.05) is 37.3 Å². The summed E-state index contributed by atoms with van der Waals surface area (Å²) < 4.78 is 2.07. The van der Waals surface area contributed by atoms with Crippen molar-refractivity contribution in [2.45, 2.75) is 58.0 Å². The second-order valence-electron chi connectivity index (χ2n) is 12.7. The number of likely N-dealkylation sites (tertiary alicyclic amines) is 1. The molecule has 1 saturated heterocycles. The van der Waals surface area contributed by atoms with Gasteiger partial charge in [-0.25, -0.2) is 4.79 Å². The first-order valence-electron chi connectivity index (χ1n) is 15.4. The number of nitrogens with zero attached hydrogens (tertiary/aromatic N) is 3. The van der Waals surface area contributed by atoms with Crippen LogP contribution >= 0.6 is 11.3 Å². The summed E-state index contributed by atoms with van der Waals surface area (Å²) in [5.74, 6) is -0.366. The number of carbonyl (C=O) groups is 3. The third-order valence-corrected chi connectivity index (χ3v) is 11.0. The van der Waals surface area contributed by atoms with E-state index in [1.807, 2.05) is 47.4 Å². The first-order valence-corrected chi connectivity index (χ1v) is 16.2. The topological polar surface area (TPSA) is 82.8 Å². The Morgan fingerprint density at radius 2 is 1.67 bits per heavy atom. The Kier molecular flexibility index (Phi) is 7.22. The summed E-state index contributed by atoms with van der Waals surface area (Å²) in [6, 6.07) is 17.9. The average Bonchev–Trinajstić information content (AvgIpc) is 3.61. The fraction of sp³-hybridized carbons (Fsp3) is 0.400.